The van der Waals surface area contributed by atoms with E-state index in [1.165, 1.54) is 0 Å². The molecule has 1 aromatic carbocycles. The van der Waals surface area contributed by atoms with Crippen molar-refractivity contribution in [3.05, 3.63) is 28.8 Å². The third-order valence-electron chi connectivity index (χ3n) is 1.82. The van der Waals surface area contributed by atoms with Gasteiger partial charge in [-0.15, -0.1) is 0 Å². The van der Waals surface area contributed by atoms with Crippen molar-refractivity contribution in [2.24, 2.45) is 4.99 Å². The molecule has 0 saturated heterocycles. The number of nitrogen functional groups attached to an aromatic ring is 1. The first-order valence-corrected chi connectivity index (χ1v) is 3.71. The van der Waals surface area contributed by atoms with E-state index in [0.717, 1.165) is 16.3 Å². The Bertz CT molecular complexity index is 393. The molecule has 1 atom stereocenters. The Morgan fingerprint density at radius 3 is 3.09 bits per heavy atom. The summed E-state index contributed by atoms with van der Waals surface area (Å²) >= 11 is 0. The van der Waals surface area contributed by atoms with E-state index in [0.29, 0.717) is 6.04 Å². The van der Waals surface area contributed by atoms with Crippen molar-refractivity contribution in [1.82, 2.24) is 0 Å². The van der Waals surface area contributed by atoms with E-state index in [-0.39, 0.29) is 0 Å². The minimum atomic E-state index is 0.312. The van der Waals surface area contributed by atoms with Gasteiger partial charge in [-0.05, 0) is 30.3 Å². The second kappa shape index (κ2) is 2.09. The molecule has 1 aromatic rings. The first-order chi connectivity index (χ1) is 5.25. The van der Waals surface area contributed by atoms with Gasteiger partial charge < -0.3 is 5.73 Å². The summed E-state index contributed by atoms with van der Waals surface area (Å²) in [5.41, 5.74) is 6.42. The second-order valence-electron chi connectivity index (χ2n) is 2.85. The van der Waals surface area contributed by atoms with Gasteiger partial charge in [-0.1, -0.05) is 6.08 Å². The summed E-state index contributed by atoms with van der Waals surface area (Å²) in [7, 11) is 0. The van der Waals surface area contributed by atoms with Gasteiger partial charge in [0.2, 0.25) is 0 Å². The van der Waals surface area contributed by atoms with Crippen molar-refractivity contribution < 1.29 is 0 Å². The van der Waals surface area contributed by atoms with Gasteiger partial charge in [0.1, 0.15) is 0 Å². The molecule has 0 radical (unpaired) electrons. The van der Waals surface area contributed by atoms with Gasteiger partial charge in [0.05, 0.1) is 11.4 Å². The Hall–Kier alpha value is -1.31. The molecule has 1 aliphatic heterocycles. The van der Waals surface area contributed by atoms with Gasteiger partial charge in [0.25, 0.3) is 0 Å². The molecule has 0 bridgehead atoms. The highest BCUT2D eigenvalue weighted by molar-refractivity contribution is 5.43. The predicted molar refractivity (Wildman–Crippen MR) is 45.6 cm³/mol. The van der Waals surface area contributed by atoms with Crippen LogP contribution >= 0.6 is 0 Å². The zero-order valence-corrected chi connectivity index (χ0v) is 6.41. The maximum Gasteiger partial charge on any atom is 0.0668 e. The molecule has 2 rings (SSSR count). The first kappa shape index (κ1) is 6.40. The van der Waals surface area contributed by atoms with Crippen LogP contribution in [0, 0.1) is 0 Å². The lowest BCUT2D eigenvalue weighted by Crippen LogP contribution is -2.20. The van der Waals surface area contributed by atoms with Crippen molar-refractivity contribution in [2.45, 2.75) is 13.0 Å². The molecule has 0 aliphatic carbocycles. The van der Waals surface area contributed by atoms with Crippen LogP contribution in [0.2, 0.25) is 0 Å². The zero-order valence-electron chi connectivity index (χ0n) is 6.41. The number of fused-ring (bicyclic) bond motifs is 1. The fourth-order valence-electron chi connectivity index (χ4n) is 1.34. The molecule has 2 heteroatoms. The standard InChI is InChI=1S/C9H10N2/c1-6-4-7-5-8(10)2-3-9(7)11-6/h2-6H,10H2,1H3. The van der Waals surface area contributed by atoms with Crippen LogP contribution in [0.4, 0.5) is 5.69 Å². The molecule has 11 heavy (non-hydrogen) atoms. The van der Waals surface area contributed by atoms with Crippen LogP contribution in [0.5, 0.6) is 0 Å². The number of anilines is 1. The third-order valence-corrected chi connectivity index (χ3v) is 1.82. The van der Waals surface area contributed by atoms with E-state index in [9.17, 15) is 0 Å². The van der Waals surface area contributed by atoms with Crippen molar-refractivity contribution in [2.75, 3.05) is 5.73 Å². The van der Waals surface area contributed by atoms with Crippen LogP contribution < -0.4 is 16.3 Å². The van der Waals surface area contributed by atoms with Gasteiger partial charge in [-0.3, -0.25) is 4.99 Å². The highest BCUT2D eigenvalue weighted by Crippen LogP contribution is 1.97. The van der Waals surface area contributed by atoms with Crippen LogP contribution in [0.25, 0.3) is 6.08 Å². The summed E-state index contributed by atoms with van der Waals surface area (Å²) in [5, 5.41) is 2.23. The summed E-state index contributed by atoms with van der Waals surface area (Å²) in [4.78, 5) is 4.38. The molecule has 1 unspecified atom stereocenters. The molecule has 0 saturated carbocycles. The van der Waals surface area contributed by atoms with Crippen molar-refractivity contribution in [3.63, 3.8) is 0 Å². The number of nitrogens with two attached hydrogens (primary N) is 1. The molecule has 1 heterocycles. The van der Waals surface area contributed by atoms with Crippen LogP contribution in [-0.4, -0.2) is 6.04 Å². The third kappa shape index (κ3) is 1.00. The summed E-state index contributed by atoms with van der Waals surface area (Å²) in [6.07, 6.45) is 2.12. The van der Waals surface area contributed by atoms with Crippen LogP contribution in [-0.2, 0) is 0 Å². The average Bonchev–Trinajstić information content (AvgIpc) is 2.27. The predicted octanol–water partition coefficient (Wildman–Crippen LogP) is 0.0710. The molecule has 1 aliphatic rings. The molecular weight excluding hydrogens is 136 g/mol. The summed E-state index contributed by atoms with van der Waals surface area (Å²) in [5.74, 6) is 0. The number of benzene rings is 1. The van der Waals surface area contributed by atoms with Gasteiger partial charge in [0, 0.05) is 5.69 Å². The Morgan fingerprint density at radius 2 is 2.27 bits per heavy atom. The topological polar surface area (TPSA) is 38.4 Å². The van der Waals surface area contributed by atoms with E-state index < -0.39 is 0 Å². The smallest absolute Gasteiger partial charge is 0.0668 e. The SMILES string of the molecule is CC1C=c2cc(N)ccc2=N1. The molecule has 0 fully saturated rings. The Kier molecular flexibility index (Phi) is 1.22. The number of hydrogen-bond acceptors (Lipinski definition) is 2. The molecular formula is C9H10N2. The zero-order chi connectivity index (χ0) is 7.84. The van der Waals surface area contributed by atoms with Crippen LogP contribution in [0.3, 0.4) is 0 Å². The van der Waals surface area contributed by atoms with Gasteiger partial charge in [-0.2, -0.15) is 0 Å². The largest absolute Gasteiger partial charge is 0.399 e. The summed E-state index contributed by atoms with van der Waals surface area (Å²) in [6.45, 7) is 2.07. The number of rotatable bonds is 0. The van der Waals surface area contributed by atoms with Gasteiger partial charge in [-0.25, -0.2) is 0 Å². The fraction of sp³-hybridized carbons (Fsp3) is 0.222. The van der Waals surface area contributed by atoms with Crippen LogP contribution in [0.15, 0.2) is 23.2 Å². The maximum atomic E-state index is 5.61. The quantitative estimate of drug-likeness (QED) is 0.517. The van der Waals surface area contributed by atoms with E-state index in [1.807, 2.05) is 18.2 Å². The van der Waals surface area contributed by atoms with E-state index in [1.54, 1.807) is 0 Å². The molecule has 2 nitrogen and oxygen atoms in total. The van der Waals surface area contributed by atoms with Gasteiger partial charge >= 0.3 is 0 Å². The lowest BCUT2D eigenvalue weighted by molar-refractivity contribution is 0.955. The van der Waals surface area contributed by atoms with Crippen molar-refractivity contribution in [3.8, 4) is 0 Å². The monoisotopic (exact) mass is 146 g/mol. The summed E-state index contributed by atoms with van der Waals surface area (Å²) < 4.78 is 0. The minimum Gasteiger partial charge on any atom is -0.399 e. The number of hydrogen-bond donors (Lipinski definition) is 1. The minimum absolute atomic E-state index is 0.312. The van der Waals surface area contributed by atoms with E-state index >= 15 is 0 Å². The highest BCUT2D eigenvalue weighted by atomic mass is 14.8. The van der Waals surface area contributed by atoms with Gasteiger partial charge in [0.15, 0.2) is 0 Å². The average molecular weight is 146 g/mol. The Labute approximate surface area is 65.1 Å². The second-order valence-corrected chi connectivity index (χ2v) is 2.85. The first-order valence-electron chi connectivity index (χ1n) is 3.71. The lowest BCUT2D eigenvalue weighted by atomic mass is 10.2. The highest BCUT2D eigenvalue weighted by Gasteiger charge is 2.01. The maximum absolute atomic E-state index is 5.61. The van der Waals surface area contributed by atoms with Crippen LogP contribution in [0.1, 0.15) is 6.92 Å². The molecule has 0 spiro atoms. The molecule has 0 amide bonds. The number of nitrogens with zero attached hydrogens (tertiary/aromatic N) is 1. The molecule has 2 N–H and O–H groups in total. The molecule has 0 aromatic heterocycles. The lowest BCUT2D eigenvalue weighted by Gasteiger charge is -1.87. The summed E-state index contributed by atoms with van der Waals surface area (Å²) in [6, 6.07) is 6.12. The molecule has 56 valence electrons. The normalized spacial score (nSPS) is 20.3. The van der Waals surface area contributed by atoms with E-state index in [4.69, 9.17) is 5.73 Å². The Balaban J connectivity index is 2.78. The fourth-order valence-corrected chi connectivity index (χ4v) is 1.34. The van der Waals surface area contributed by atoms with Crippen molar-refractivity contribution >= 4 is 11.8 Å². The van der Waals surface area contributed by atoms with Crippen molar-refractivity contribution in [1.29, 1.82) is 0 Å². The Morgan fingerprint density at radius 1 is 1.45 bits per heavy atom. The van der Waals surface area contributed by atoms with E-state index in [2.05, 4.69) is 18.0 Å².